The minimum Gasteiger partial charge on any atom is -0.462 e. The quantitative estimate of drug-likeness (QED) is 0.0468. The minimum absolute atomic E-state index is 0.0332. The Kier molecular flexibility index (Phi) is 34.8. The van der Waals surface area contributed by atoms with Gasteiger partial charge in [-0.15, -0.1) is 0 Å². The van der Waals surface area contributed by atoms with Crippen molar-refractivity contribution in [2.75, 3.05) is 20.1 Å². The van der Waals surface area contributed by atoms with Gasteiger partial charge < -0.3 is 9.64 Å². The van der Waals surface area contributed by atoms with Crippen LogP contribution < -0.4 is 0 Å². The van der Waals surface area contributed by atoms with Gasteiger partial charge in [0.25, 0.3) is 0 Å². The maximum atomic E-state index is 13.5. The first kappa shape index (κ1) is 50.4. The Bertz CT molecular complexity index is 681. The number of esters is 1. The molecular weight excluding hydrogens is 623 g/mol. The zero-order chi connectivity index (χ0) is 38.0. The van der Waals surface area contributed by atoms with Gasteiger partial charge in [-0.3, -0.25) is 4.79 Å². The van der Waals surface area contributed by atoms with Crippen LogP contribution in [0, 0.1) is 23.2 Å². The SMILES string of the molecule is CCCCC(CCCC)CCCCCCCCCC(CCCCCCCCCC(CCCC)CCCC)OC(=O)C(C)(C)CC(C)CN(C)CC. The molecule has 0 saturated carbocycles. The molecule has 0 bridgehead atoms. The fourth-order valence-corrected chi connectivity index (χ4v) is 8.47. The Morgan fingerprint density at radius 2 is 0.824 bits per heavy atom. The molecule has 51 heavy (non-hydrogen) atoms. The van der Waals surface area contributed by atoms with E-state index in [1.54, 1.807) is 0 Å². The van der Waals surface area contributed by atoms with Crippen molar-refractivity contribution >= 4 is 5.97 Å². The Balaban J connectivity index is 4.63. The van der Waals surface area contributed by atoms with E-state index in [2.05, 4.69) is 67.3 Å². The summed E-state index contributed by atoms with van der Waals surface area (Å²) in [7, 11) is 2.18. The molecule has 0 saturated heterocycles. The molecule has 306 valence electrons. The predicted molar refractivity (Wildman–Crippen MR) is 229 cm³/mol. The zero-order valence-electron chi connectivity index (χ0n) is 36.9. The highest BCUT2D eigenvalue weighted by atomic mass is 16.5. The summed E-state index contributed by atoms with van der Waals surface area (Å²) in [5.41, 5.74) is -0.426. The van der Waals surface area contributed by atoms with Crippen molar-refractivity contribution in [3.63, 3.8) is 0 Å². The van der Waals surface area contributed by atoms with Crippen LogP contribution in [0.5, 0.6) is 0 Å². The van der Waals surface area contributed by atoms with Crippen LogP contribution in [0.3, 0.4) is 0 Å². The van der Waals surface area contributed by atoms with Gasteiger partial charge in [0.1, 0.15) is 6.10 Å². The van der Waals surface area contributed by atoms with Crippen LogP contribution >= 0.6 is 0 Å². The van der Waals surface area contributed by atoms with Gasteiger partial charge in [-0.1, -0.05) is 208 Å². The van der Waals surface area contributed by atoms with Crippen molar-refractivity contribution in [1.29, 1.82) is 0 Å². The highest BCUT2D eigenvalue weighted by Gasteiger charge is 2.33. The number of nitrogens with zero attached hydrogens (tertiary/aromatic N) is 1. The lowest BCUT2D eigenvalue weighted by atomic mass is 9.83. The monoisotopic (exact) mass is 720 g/mol. The van der Waals surface area contributed by atoms with Crippen LogP contribution in [0.2, 0.25) is 0 Å². The molecule has 0 rings (SSSR count). The zero-order valence-corrected chi connectivity index (χ0v) is 36.9. The van der Waals surface area contributed by atoms with E-state index in [0.717, 1.165) is 44.2 Å². The van der Waals surface area contributed by atoms with Crippen LogP contribution in [-0.4, -0.2) is 37.1 Å². The lowest BCUT2D eigenvalue weighted by molar-refractivity contribution is -0.161. The van der Waals surface area contributed by atoms with Gasteiger partial charge >= 0.3 is 5.97 Å². The number of unbranched alkanes of at least 4 members (excludes halogenated alkanes) is 16. The van der Waals surface area contributed by atoms with Gasteiger partial charge in [0, 0.05) is 6.54 Å². The molecule has 0 radical (unpaired) electrons. The summed E-state index contributed by atoms with van der Waals surface area (Å²) in [5, 5.41) is 0. The highest BCUT2D eigenvalue weighted by Crippen LogP contribution is 2.30. The molecule has 0 aromatic carbocycles. The third kappa shape index (κ3) is 30.5. The van der Waals surface area contributed by atoms with Gasteiger partial charge in [-0.05, 0) is 77.3 Å². The standard InChI is InChI=1S/C48H97NO2/c1-10-15-33-44(34-16-11-2)37-29-25-21-19-23-27-31-39-46(51-47(50)48(7,8)41-43(6)42-49(9)14-5)40-32-28-24-20-22-26-30-38-45(35-17-12-3)36-18-13-4/h43-46H,10-42H2,1-9H3. The van der Waals surface area contributed by atoms with E-state index in [9.17, 15) is 4.79 Å². The third-order valence-corrected chi connectivity index (χ3v) is 12.0. The number of ether oxygens (including phenoxy) is 1. The van der Waals surface area contributed by atoms with Crippen molar-refractivity contribution in [2.45, 2.75) is 261 Å². The molecule has 1 unspecified atom stereocenters. The predicted octanol–water partition coefficient (Wildman–Crippen LogP) is 15.9. The first-order chi connectivity index (χ1) is 24.6. The molecular formula is C48H97NO2. The molecule has 3 heteroatoms. The van der Waals surface area contributed by atoms with Gasteiger partial charge in [-0.2, -0.15) is 0 Å². The van der Waals surface area contributed by atoms with E-state index >= 15 is 0 Å². The molecule has 0 aromatic heterocycles. The number of hydrogen-bond donors (Lipinski definition) is 0. The topological polar surface area (TPSA) is 29.5 Å². The Morgan fingerprint density at radius 3 is 1.16 bits per heavy atom. The van der Waals surface area contributed by atoms with Crippen LogP contribution in [0.1, 0.15) is 254 Å². The molecule has 1 atom stereocenters. The van der Waals surface area contributed by atoms with Crippen LogP contribution in [0.4, 0.5) is 0 Å². The molecule has 0 heterocycles. The summed E-state index contributed by atoms with van der Waals surface area (Å²) in [6.45, 7) is 20.1. The molecule has 0 N–H and O–H groups in total. The van der Waals surface area contributed by atoms with Crippen LogP contribution in [-0.2, 0) is 9.53 Å². The maximum Gasteiger partial charge on any atom is 0.311 e. The average molecular weight is 720 g/mol. The Labute approximate surface area is 323 Å². The number of rotatable bonds is 39. The summed E-state index contributed by atoms with van der Waals surface area (Å²) < 4.78 is 6.37. The van der Waals surface area contributed by atoms with Crippen molar-refractivity contribution in [3.8, 4) is 0 Å². The van der Waals surface area contributed by atoms with E-state index in [0.29, 0.717) is 5.92 Å². The van der Waals surface area contributed by atoms with Crippen molar-refractivity contribution in [3.05, 3.63) is 0 Å². The van der Waals surface area contributed by atoms with E-state index in [4.69, 9.17) is 4.74 Å². The van der Waals surface area contributed by atoms with Gasteiger partial charge in [0.15, 0.2) is 0 Å². The van der Waals surface area contributed by atoms with Crippen molar-refractivity contribution < 1.29 is 9.53 Å². The second-order valence-electron chi connectivity index (χ2n) is 18.0. The summed E-state index contributed by atoms with van der Waals surface area (Å²) >= 11 is 0. The fraction of sp³-hybridized carbons (Fsp3) is 0.979. The molecule has 0 spiro atoms. The van der Waals surface area contributed by atoms with Crippen molar-refractivity contribution in [2.24, 2.45) is 23.2 Å². The first-order valence-corrected chi connectivity index (χ1v) is 23.5. The van der Waals surface area contributed by atoms with E-state index in [-0.39, 0.29) is 12.1 Å². The highest BCUT2D eigenvalue weighted by molar-refractivity contribution is 5.76. The second-order valence-corrected chi connectivity index (χ2v) is 18.0. The van der Waals surface area contributed by atoms with Crippen molar-refractivity contribution in [1.82, 2.24) is 4.90 Å². The normalized spacial score (nSPS) is 13.0. The minimum atomic E-state index is -0.426. The molecule has 0 aliphatic rings. The van der Waals surface area contributed by atoms with Gasteiger partial charge in [0.2, 0.25) is 0 Å². The van der Waals surface area contributed by atoms with Crippen LogP contribution in [0.15, 0.2) is 0 Å². The van der Waals surface area contributed by atoms with Gasteiger partial charge in [0.05, 0.1) is 5.41 Å². The number of hydrogen-bond acceptors (Lipinski definition) is 3. The van der Waals surface area contributed by atoms with Gasteiger partial charge in [-0.25, -0.2) is 0 Å². The second kappa shape index (κ2) is 35.2. The average Bonchev–Trinajstić information content (AvgIpc) is 3.10. The molecule has 0 aromatic rings. The smallest absolute Gasteiger partial charge is 0.311 e. The summed E-state index contributed by atoms with van der Waals surface area (Å²) in [6, 6.07) is 0. The molecule has 0 aliphatic carbocycles. The molecule has 3 nitrogen and oxygen atoms in total. The lowest BCUT2D eigenvalue weighted by Crippen LogP contribution is -2.34. The summed E-state index contributed by atoms with van der Waals surface area (Å²) in [4.78, 5) is 15.9. The van der Waals surface area contributed by atoms with Crippen LogP contribution in [0.25, 0.3) is 0 Å². The van der Waals surface area contributed by atoms with E-state index in [1.165, 1.54) is 180 Å². The lowest BCUT2D eigenvalue weighted by Gasteiger charge is -2.30. The fourth-order valence-electron chi connectivity index (χ4n) is 8.47. The molecule has 0 amide bonds. The number of carbonyl (C=O) groups excluding carboxylic acids is 1. The van der Waals surface area contributed by atoms with E-state index < -0.39 is 5.41 Å². The first-order valence-electron chi connectivity index (χ1n) is 23.5. The maximum absolute atomic E-state index is 13.5. The largest absolute Gasteiger partial charge is 0.462 e. The molecule has 0 fully saturated rings. The summed E-state index contributed by atoms with van der Waals surface area (Å²) in [6.07, 6.45) is 41.7. The summed E-state index contributed by atoms with van der Waals surface area (Å²) in [5.74, 6) is 2.46. The van der Waals surface area contributed by atoms with E-state index in [1.807, 2.05) is 0 Å². The third-order valence-electron chi connectivity index (χ3n) is 12.0. The Hall–Kier alpha value is -0.570. The molecule has 0 aliphatic heterocycles. The number of carbonyl (C=O) groups is 1. The Morgan fingerprint density at radius 1 is 0.510 bits per heavy atom.